The number of benzene rings is 2. The van der Waals surface area contributed by atoms with Gasteiger partial charge in [0.05, 0.1) is 0 Å². The third-order valence-corrected chi connectivity index (χ3v) is 4.91. The first kappa shape index (κ1) is 18.1. The highest BCUT2D eigenvalue weighted by atomic mass is 35.5. The molecule has 0 bridgehead atoms. The first-order valence-corrected chi connectivity index (χ1v) is 9.16. The van der Waals surface area contributed by atoms with Crippen molar-refractivity contribution in [2.45, 2.75) is 12.6 Å². The lowest BCUT2D eigenvalue weighted by Crippen LogP contribution is -2.31. The molecule has 9 heteroatoms. The van der Waals surface area contributed by atoms with Crippen LogP contribution in [0.25, 0.3) is 0 Å². The third kappa shape index (κ3) is 3.88. The Morgan fingerprint density at radius 3 is 2.74 bits per heavy atom. The van der Waals surface area contributed by atoms with E-state index in [1.54, 1.807) is 41.3 Å². The van der Waals surface area contributed by atoms with Gasteiger partial charge in [0.15, 0.2) is 0 Å². The van der Waals surface area contributed by atoms with Crippen LogP contribution < -0.4 is 4.74 Å². The van der Waals surface area contributed by atoms with Crippen molar-refractivity contribution in [3.63, 3.8) is 0 Å². The monoisotopic (exact) mass is 422 g/mol. The van der Waals surface area contributed by atoms with E-state index in [1.807, 2.05) is 6.07 Å². The molecule has 1 atom stereocenters. The minimum atomic E-state index is -0.276. The average molecular weight is 424 g/mol. The van der Waals surface area contributed by atoms with Gasteiger partial charge in [-0.3, -0.25) is 0 Å². The maximum Gasteiger partial charge on any atom is 0.143 e. The number of halogens is 3. The molecule has 0 saturated carbocycles. The maximum absolute atomic E-state index is 6.19. The summed E-state index contributed by atoms with van der Waals surface area (Å²) in [5, 5.41) is 10.2. The van der Waals surface area contributed by atoms with Crippen LogP contribution >= 0.6 is 34.8 Å². The lowest BCUT2D eigenvalue weighted by molar-refractivity contribution is 0.127. The normalized spacial score (nSPS) is 17.4. The van der Waals surface area contributed by atoms with E-state index >= 15 is 0 Å². The Morgan fingerprint density at radius 1 is 1.15 bits per heavy atom. The molecule has 1 aromatic heterocycles. The SMILES string of the molecule is Clc1ccc(CO/N=C2\c3ccc(Cl)cc3OCC2n2cncn2)c(Cl)c1. The van der Waals surface area contributed by atoms with Crippen molar-refractivity contribution in [1.82, 2.24) is 14.8 Å². The lowest BCUT2D eigenvalue weighted by Gasteiger charge is -2.26. The van der Waals surface area contributed by atoms with Crippen LogP contribution in [0.1, 0.15) is 17.2 Å². The molecule has 1 aliphatic heterocycles. The Balaban J connectivity index is 1.64. The number of aromatic nitrogens is 3. The molecule has 0 fully saturated rings. The Bertz CT molecular complexity index is 992. The summed E-state index contributed by atoms with van der Waals surface area (Å²) in [6.07, 6.45) is 3.07. The summed E-state index contributed by atoms with van der Waals surface area (Å²) in [7, 11) is 0. The Morgan fingerprint density at radius 2 is 1.96 bits per heavy atom. The predicted molar refractivity (Wildman–Crippen MR) is 104 cm³/mol. The van der Waals surface area contributed by atoms with Gasteiger partial charge in [-0.2, -0.15) is 5.10 Å². The van der Waals surface area contributed by atoms with E-state index < -0.39 is 0 Å². The number of rotatable bonds is 4. The molecule has 0 aliphatic carbocycles. The van der Waals surface area contributed by atoms with E-state index in [2.05, 4.69) is 15.2 Å². The van der Waals surface area contributed by atoms with Crippen LogP contribution in [0.2, 0.25) is 15.1 Å². The molecule has 3 aromatic rings. The van der Waals surface area contributed by atoms with E-state index in [1.165, 1.54) is 6.33 Å². The van der Waals surface area contributed by atoms with E-state index in [0.717, 1.165) is 11.1 Å². The zero-order valence-electron chi connectivity index (χ0n) is 13.8. The predicted octanol–water partition coefficient (Wildman–Crippen LogP) is 4.79. The van der Waals surface area contributed by atoms with E-state index in [4.69, 9.17) is 44.4 Å². The summed E-state index contributed by atoms with van der Waals surface area (Å²) >= 11 is 18.2. The fourth-order valence-electron chi connectivity index (χ4n) is 2.75. The molecule has 1 aliphatic rings. The summed E-state index contributed by atoms with van der Waals surface area (Å²) in [4.78, 5) is 9.60. The second-order valence-electron chi connectivity index (χ2n) is 5.83. The Hall–Kier alpha value is -2.28. The average Bonchev–Trinajstić information content (AvgIpc) is 3.17. The zero-order chi connectivity index (χ0) is 18.8. The van der Waals surface area contributed by atoms with Gasteiger partial charge in [0, 0.05) is 26.2 Å². The van der Waals surface area contributed by atoms with Crippen molar-refractivity contribution in [1.29, 1.82) is 0 Å². The van der Waals surface area contributed by atoms with Crippen LogP contribution in [-0.2, 0) is 11.4 Å². The first-order valence-electron chi connectivity index (χ1n) is 8.02. The zero-order valence-corrected chi connectivity index (χ0v) is 16.1. The summed E-state index contributed by atoms with van der Waals surface area (Å²) in [6, 6.07) is 10.3. The van der Waals surface area contributed by atoms with E-state index in [0.29, 0.717) is 33.1 Å². The van der Waals surface area contributed by atoms with Gasteiger partial charge in [0.25, 0.3) is 0 Å². The van der Waals surface area contributed by atoms with E-state index in [9.17, 15) is 0 Å². The number of oxime groups is 1. The van der Waals surface area contributed by atoms with Gasteiger partial charge >= 0.3 is 0 Å². The topological polar surface area (TPSA) is 61.5 Å². The molecule has 6 nitrogen and oxygen atoms in total. The smallest absolute Gasteiger partial charge is 0.143 e. The molecule has 2 heterocycles. The first-order chi connectivity index (χ1) is 13.1. The molecule has 0 saturated heterocycles. The van der Waals surface area contributed by atoms with Crippen LogP contribution in [0.4, 0.5) is 0 Å². The van der Waals surface area contributed by atoms with Crippen molar-refractivity contribution in [2.24, 2.45) is 5.16 Å². The highest BCUT2D eigenvalue weighted by Gasteiger charge is 2.30. The molecule has 2 aromatic carbocycles. The van der Waals surface area contributed by atoms with Crippen molar-refractivity contribution < 1.29 is 9.57 Å². The van der Waals surface area contributed by atoms with Gasteiger partial charge in [-0.1, -0.05) is 46.0 Å². The van der Waals surface area contributed by atoms with Crippen LogP contribution in [0.3, 0.4) is 0 Å². The standard InChI is InChI=1S/C18H13Cl3N4O2/c19-12-2-1-11(15(21)5-12)7-27-24-18-14-4-3-13(20)6-17(14)26-8-16(18)25-10-22-9-23-25/h1-6,9-10,16H,7-8H2/b24-18+. The fourth-order valence-corrected chi connectivity index (χ4v) is 3.38. The highest BCUT2D eigenvalue weighted by Crippen LogP contribution is 2.32. The fraction of sp³-hybridized carbons (Fsp3) is 0.167. The number of fused-ring (bicyclic) bond motifs is 1. The number of hydrogen-bond donors (Lipinski definition) is 0. The van der Waals surface area contributed by atoms with E-state index in [-0.39, 0.29) is 12.6 Å². The van der Waals surface area contributed by atoms with Gasteiger partial charge in [-0.05, 0) is 30.3 Å². The van der Waals surface area contributed by atoms with Crippen molar-refractivity contribution in [2.75, 3.05) is 6.61 Å². The quantitative estimate of drug-likeness (QED) is 0.566. The van der Waals surface area contributed by atoms with Crippen molar-refractivity contribution in [3.8, 4) is 5.75 Å². The van der Waals surface area contributed by atoms with Crippen molar-refractivity contribution in [3.05, 3.63) is 75.2 Å². The molecule has 0 amide bonds. The lowest BCUT2D eigenvalue weighted by atomic mass is 10.0. The summed E-state index contributed by atoms with van der Waals surface area (Å²) in [5.74, 6) is 0.644. The number of hydrogen-bond acceptors (Lipinski definition) is 5. The van der Waals surface area contributed by atoms with Crippen LogP contribution in [-0.4, -0.2) is 27.1 Å². The second kappa shape index (κ2) is 7.76. The summed E-state index contributed by atoms with van der Waals surface area (Å²) in [5.41, 5.74) is 2.24. The van der Waals surface area contributed by atoms with Crippen LogP contribution in [0, 0.1) is 0 Å². The molecule has 4 rings (SSSR count). The van der Waals surface area contributed by atoms with Gasteiger partial charge in [0.1, 0.15) is 43.4 Å². The van der Waals surface area contributed by atoms with Gasteiger partial charge in [0.2, 0.25) is 0 Å². The number of ether oxygens (including phenoxy) is 1. The molecule has 27 heavy (non-hydrogen) atoms. The summed E-state index contributed by atoms with van der Waals surface area (Å²) < 4.78 is 7.50. The minimum Gasteiger partial charge on any atom is -0.490 e. The molecular formula is C18H13Cl3N4O2. The van der Waals surface area contributed by atoms with Gasteiger partial charge in [-0.25, -0.2) is 9.67 Å². The molecule has 0 spiro atoms. The summed E-state index contributed by atoms with van der Waals surface area (Å²) in [6.45, 7) is 0.536. The van der Waals surface area contributed by atoms with Crippen molar-refractivity contribution >= 4 is 40.5 Å². The van der Waals surface area contributed by atoms with Gasteiger partial charge < -0.3 is 9.57 Å². The molecule has 1 unspecified atom stereocenters. The third-order valence-electron chi connectivity index (χ3n) is 4.09. The molecular weight excluding hydrogens is 411 g/mol. The highest BCUT2D eigenvalue weighted by molar-refractivity contribution is 6.35. The van der Waals surface area contributed by atoms with Crippen LogP contribution in [0.5, 0.6) is 5.75 Å². The number of nitrogens with zero attached hydrogens (tertiary/aromatic N) is 4. The second-order valence-corrected chi connectivity index (χ2v) is 7.11. The van der Waals surface area contributed by atoms with Crippen LogP contribution in [0.15, 0.2) is 54.2 Å². The maximum atomic E-state index is 6.19. The molecule has 138 valence electrons. The minimum absolute atomic E-state index is 0.202. The Kier molecular flexibility index (Phi) is 5.20. The Labute approximate surface area is 170 Å². The molecule has 0 radical (unpaired) electrons. The van der Waals surface area contributed by atoms with Gasteiger partial charge in [-0.15, -0.1) is 0 Å². The molecule has 0 N–H and O–H groups in total. The largest absolute Gasteiger partial charge is 0.490 e.